The Kier molecular flexibility index (Phi) is 2.28. The van der Waals surface area contributed by atoms with E-state index in [-0.39, 0.29) is 5.56 Å². The minimum absolute atomic E-state index is 0.0707. The highest BCUT2D eigenvalue weighted by atomic mass is 16.5. The van der Waals surface area contributed by atoms with Crippen LogP contribution in [0, 0.1) is 0 Å². The highest BCUT2D eigenvalue weighted by Crippen LogP contribution is 2.46. The SMILES string of the molecule is C=C1Oc2nc3ncccc3c(=O)n2C12CCCCC2. The molecule has 0 radical (unpaired) electrons. The van der Waals surface area contributed by atoms with Crippen molar-refractivity contribution in [3.63, 3.8) is 0 Å². The highest BCUT2D eigenvalue weighted by Gasteiger charge is 2.46. The topological polar surface area (TPSA) is 57.0 Å². The van der Waals surface area contributed by atoms with Gasteiger partial charge in [-0.25, -0.2) is 9.55 Å². The summed E-state index contributed by atoms with van der Waals surface area (Å²) < 4.78 is 7.41. The molecule has 5 nitrogen and oxygen atoms in total. The molecule has 5 heteroatoms. The fraction of sp³-hybridized carbons (Fsp3) is 0.400. The van der Waals surface area contributed by atoms with Crippen LogP contribution in [0.1, 0.15) is 32.1 Å². The summed E-state index contributed by atoms with van der Waals surface area (Å²) in [6, 6.07) is 3.87. The standard InChI is InChI=1S/C15H15N3O2/c1-10-15(7-3-2-4-8-15)18-13(19)11-6-5-9-16-12(11)17-14(18)20-10/h5-6,9H,1-4,7-8H2. The van der Waals surface area contributed by atoms with Gasteiger partial charge in [-0.2, -0.15) is 4.98 Å². The molecule has 0 unspecified atom stereocenters. The van der Waals surface area contributed by atoms with Crippen LogP contribution >= 0.6 is 0 Å². The van der Waals surface area contributed by atoms with Crippen LogP contribution in [-0.4, -0.2) is 14.5 Å². The molecule has 1 aliphatic heterocycles. The van der Waals surface area contributed by atoms with Gasteiger partial charge in [-0.15, -0.1) is 0 Å². The number of allylic oxidation sites excluding steroid dienone is 1. The molecule has 2 aliphatic rings. The fourth-order valence-electron chi connectivity index (χ4n) is 3.42. The molecule has 102 valence electrons. The van der Waals surface area contributed by atoms with Gasteiger partial charge in [-0.05, 0) is 25.0 Å². The highest BCUT2D eigenvalue weighted by molar-refractivity contribution is 5.73. The van der Waals surface area contributed by atoms with Crippen molar-refractivity contribution in [3.05, 3.63) is 41.0 Å². The van der Waals surface area contributed by atoms with Gasteiger partial charge in [0, 0.05) is 6.20 Å². The van der Waals surface area contributed by atoms with Crippen LogP contribution in [0.5, 0.6) is 6.01 Å². The summed E-state index contributed by atoms with van der Waals surface area (Å²) in [5, 5.41) is 0.541. The van der Waals surface area contributed by atoms with Gasteiger partial charge in [0.25, 0.3) is 5.56 Å². The molecule has 0 saturated heterocycles. The maximum absolute atomic E-state index is 12.8. The Balaban J connectivity index is 2.05. The number of fused-ring (bicyclic) bond motifs is 3. The smallest absolute Gasteiger partial charge is 0.307 e. The van der Waals surface area contributed by atoms with E-state index in [1.165, 1.54) is 6.42 Å². The van der Waals surface area contributed by atoms with Gasteiger partial charge in [-0.3, -0.25) is 4.79 Å². The predicted octanol–water partition coefficient (Wildman–Crippen LogP) is 2.36. The average Bonchev–Trinajstić information content (AvgIpc) is 2.73. The lowest BCUT2D eigenvalue weighted by molar-refractivity contribution is 0.230. The molecule has 2 aromatic heterocycles. The van der Waals surface area contributed by atoms with Gasteiger partial charge < -0.3 is 4.74 Å². The van der Waals surface area contributed by atoms with Crippen LogP contribution in [-0.2, 0) is 5.54 Å². The minimum Gasteiger partial charge on any atom is -0.428 e. The van der Waals surface area contributed by atoms with Gasteiger partial charge in [-0.1, -0.05) is 25.8 Å². The number of aromatic nitrogens is 3. The molecule has 1 saturated carbocycles. The first-order chi connectivity index (χ1) is 9.72. The number of pyridine rings is 1. The van der Waals surface area contributed by atoms with Crippen molar-refractivity contribution in [1.29, 1.82) is 0 Å². The molecule has 0 atom stereocenters. The van der Waals surface area contributed by atoms with Crippen LogP contribution < -0.4 is 10.3 Å². The zero-order chi connectivity index (χ0) is 13.7. The van der Waals surface area contributed by atoms with Crippen LogP contribution in [0.15, 0.2) is 35.5 Å². The van der Waals surface area contributed by atoms with Crippen LogP contribution in [0.25, 0.3) is 11.0 Å². The van der Waals surface area contributed by atoms with Gasteiger partial charge in [0.1, 0.15) is 11.3 Å². The normalized spacial score (nSPS) is 20.1. The van der Waals surface area contributed by atoms with E-state index < -0.39 is 5.54 Å². The molecule has 0 N–H and O–H groups in total. The zero-order valence-electron chi connectivity index (χ0n) is 11.1. The fourth-order valence-corrected chi connectivity index (χ4v) is 3.42. The molecular weight excluding hydrogens is 254 g/mol. The van der Waals surface area contributed by atoms with Crippen molar-refractivity contribution < 1.29 is 4.74 Å². The number of nitrogens with zero attached hydrogens (tertiary/aromatic N) is 3. The lowest BCUT2D eigenvalue weighted by Gasteiger charge is -2.33. The van der Waals surface area contributed by atoms with Gasteiger partial charge in [0.15, 0.2) is 5.65 Å². The zero-order valence-corrected chi connectivity index (χ0v) is 11.1. The second-order valence-corrected chi connectivity index (χ2v) is 5.53. The van der Waals surface area contributed by atoms with E-state index in [0.717, 1.165) is 25.7 Å². The lowest BCUT2D eigenvalue weighted by atomic mass is 9.80. The largest absolute Gasteiger partial charge is 0.428 e. The van der Waals surface area contributed by atoms with E-state index >= 15 is 0 Å². The molecule has 1 aliphatic carbocycles. The molecule has 0 bridgehead atoms. The molecule has 2 aromatic rings. The van der Waals surface area contributed by atoms with Gasteiger partial charge >= 0.3 is 6.01 Å². The first-order valence-electron chi connectivity index (χ1n) is 6.98. The molecular formula is C15H15N3O2. The Bertz CT molecular complexity index is 772. The number of hydrogen-bond donors (Lipinski definition) is 0. The molecule has 4 rings (SSSR count). The van der Waals surface area contributed by atoms with E-state index in [1.54, 1.807) is 22.9 Å². The maximum Gasteiger partial charge on any atom is 0.307 e. The second kappa shape index (κ2) is 3.91. The lowest BCUT2D eigenvalue weighted by Crippen LogP contribution is -2.40. The summed E-state index contributed by atoms with van der Waals surface area (Å²) in [4.78, 5) is 21.3. The van der Waals surface area contributed by atoms with Crippen LogP contribution in [0.2, 0.25) is 0 Å². The Morgan fingerprint density at radius 1 is 1.30 bits per heavy atom. The molecule has 0 amide bonds. The Hall–Kier alpha value is -2.17. The van der Waals surface area contributed by atoms with Crippen molar-refractivity contribution >= 4 is 11.0 Å². The van der Waals surface area contributed by atoms with E-state index in [2.05, 4.69) is 16.5 Å². The van der Waals surface area contributed by atoms with Crippen molar-refractivity contribution in [2.45, 2.75) is 37.6 Å². The summed E-state index contributed by atoms with van der Waals surface area (Å²) in [6.07, 6.45) is 6.78. The summed E-state index contributed by atoms with van der Waals surface area (Å²) in [5.74, 6) is 0.650. The van der Waals surface area contributed by atoms with E-state index in [4.69, 9.17) is 4.74 Å². The second-order valence-electron chi connectivity index (χ2n) is 5.53. The first-order valence-corrected chi connectivity index (χ1v) is 6.98. The summed E-state index contributed by atoms with van der Waals surface area (Å²) in [6.45, 7) is 4.04. The summed E-state index contributed by atoms with van der Waals surface area (Å²) >= 11 is 0. The van der Waals surface area contributed by atoms with Crippen molar-refractivity contribution in [1.82, 2.24) is 14.5 Å². The molecule has 1 spiro atoms. The average molecular weight is 269 g/mol. The Labute approximate surface area is 115 Å². The van der Waals surface area contributed by atoms with E-state index in [1.807, 2.05) is 0 Å². The first kappa shape index (κ1) is 11.6. The van der Waals surface area contributed by atoms with Crippen molar-refractivity contribution in [2.75, 3.05) is 0 Å². The van der Waals surface area contributed by atoms with Crippen LogP contribution in [0.4, 0.5) is 0 Å². The molecule has 1 fully saturated rings. The van der Waals surface area contributed by atoms with Crippen molar-refractivity contribution in [2.24, 2.45) is 0 Å². The minimum atomic E-state index is -0.401. The summed E-state index contributed by atoms with van der Waals surface area (Å²) in [5.41, 5.74) is -0.0371. The third-order valence-corrected chi connectivity index (χ3v) is 4.46. The number of ether oxygens (including phenoxy) is 1. The Morgan fingerprint density at radius 3 is 2.90 bits per heavy atom. The third kappa shape index (κ3) is 1.35. The van der Waals surface area contributed by atoms with Gasteiger partial charge in [0.05, 0.1) is 5.39 Å². The number of rotatable bonds is 0. The van der Waals surface area contributed by atoms with E-state index in [0.29, 0.717) is 22.8 Å². The monoisotopic (exact) mass is 269 g/mol. The molecule has 3 heterocycles. The molecule has 20 heavy (non-hydrogen) atoms. The maximum atomic E-state index is 12.8. The number of hydrogen-bond acceptors (Lipinski definition) is 4. The Morgan fingerprint density at radius 2 is 2.10 bits per heavy atom. The van der Waals surface area contributed by atoms with Gasteiger partial charge in [0.2, 0.25) is 0 Å². The quantitative estimate of drug-likeness (QED) is 0.736. The third-order valence-electron chi connectivity index (χ3n) is 4.46. The van der Waals surface area contributed by atoms with Crippen LogP contribution in [0.3, 0.4) is 0 Å². The summed E-state index contributed by atoms with van der Waals surface area (Å²) in [7, 11) is 0. The van der Waals surface area contributed by atoms with Crippen molar-refractivity contribution in [3.8, 4) is 6.01 Å². The molecule has 0 aromatic carbocycles. The van der Waals surface area contributed by atoms with E-state index in [9.17, 15) is 4.79 Å². The predicted molar refractivity (Wildman–Crippen MR) is 74.6 cm³/mol.